The first-order valence-corrected chi connectivity index (χ1v) is 16.5. The minimum absolute atomic E-state index is 0.183. The lowest BCUT2D eigenvalue weighted by atomic mass is 9.66. The molecule has 0 aromatic heterocycles. The molecule has 2 amide bonds. The lowest BCUT2D eigenvalue weighted by Gasteiger charge is -2.39. The summed E-state index contributed by atoms with van der Waals surface area (Å²) in [4.78, 5) is 46.5. The number of halogens is 1. The van der Waals surface area contributed by atoms with Gasteiger partial charge in [-0.2, -0.15) is 0 Å². The van der Waals surface area contributed by atoms with Crippen molar-refractivity contribution in [2.45, 2.75) is 67.0 Å². The van der Waals surface area contributed by atoms with E-state index < -0.39 is 33.4 Å². The second-order valence-electron chi connectivity index (χ2n) is 12.1. The lowest BCUT2D eigenvalue weighted by molar-refractivity contribution is -0.156. The smallest absolute Gasteiger partial charge is 0.311 e. The molecule has 2 aromatic rings. The summed E-state index contributed by atoms with van der Waals surface area (Å²) in [5, 5.41) is 11.2. The van der Waals surface area contributed by atoms with E-state index in [2.05, 4.69) is 13.2 Å². The second-order valence-corrected chi connectivity index (χ2v) is 14.4. The molecule has 5 rings (SSSR count). The SMILES string of the molecule is C=CCCCCOC(=O)[C@H]1[C@H]2C(=O)N([C@@H](CO)Cc3ccccc3)C(C(=O)N(CC=C)c3ccccc3Cl)C23CC[C@]1(C)S3. The van der Waals surface area contributed by atoms with E-state index in [4.69, 9.17) is 16.3 Å². The molecule has 2 bridgehead atoms. The first kappa shape index (κ1) is 32.3. The zero-order valence-corrected chi connectivity index (χ0v) is 26.8. The van der Waals surface area contributed by atoms with Crippen LogP contribution < -0.4 is 4.90 Å². The number of unbranched alkanes of at least 4 members (excludes halogenated alkanes) is 2. The average Bonchev–Trinajstić information content (AvgIpc) is 3.59. The first-order valence-electron chi connectivity index (χ1n) is 15.3. The van der Waals surface area contributed by atoms with Crippen molar-refractivity contribution in [2.75, 3.05) is 24.7 Å². The molecule has 7 nitrogen and oxygen atoms in total. The largest absolute Gasteiger partial charge is 0.465 e. The van der Waals surface area contributed by atoms with E-state index >= 15 is 0 Å². The lowest BCUT2D eigenvalue weighted by Crippen LogP contribution is -2.58. The number of esters is 1. The highest BCUT2D eigenvalue weighted by Gasteiger charge is 2.78. The van der Waals surface area contributed by atoms with E-state index in [0.717, 1.165) is 18.4 Å². The van der Waals surface area contributed by atoms with Crippen molar-refractivity contribution < 1.29 is 24.2 Å². The Morgan fingerprint density at radius 1 is 1.14 bits per heavy atom. The Kier molecular flexibility index (Phi) is 9.93. The number of carbonyl (C=O) groups excluding carboxylic acids is 3. The number of carbonyl (C=O) groups is 3. The van der Waals surface area contributed by atoms with Crippen LogP contribution in [0.4, 0.5) is 5.69 Å². The molecule has 0 saturated carbocycles. The van der Waals surface area contributed by atoms with Gasteiger partial charge in [0.2, 0.25) is 5.91 Å². The number of thioether (sulfide) groups is 1. The van der Waals surface area contributed by atoms with Crippen LogP contribution in [0.3, 0.4) is 0 Å². The zero-order valence-electron chi connectivity index (χ0n) is 25.2. The summed E-state index contributed by atoms with van der Waals surface area (Å²) >= 11 is 8.19. The fraction of sp³-hybridized carbons (Fsp3) is 0.457. The van der Waals surface area contributed by atoms with Crippen LogP contribution in [0.2, 0.25) is 5.02 Å². The molecule has 3 aliphatic rings. The van der Waals surface area contributed by atoms with Gasteiger partial charge in [-0.15, -0.1) is 24.9 Å². The molecule has 234 valence electrons. The molecule has 1 N–H and O–H groups in total. The van der Waals surface area contributed by atoms with Crippen LogP contribution in [0.5, 0.6) is 0 Å². The number of fused-ring (bicyclic) bond motifs is 1. The Morgan fingerprint density at radius 3 is 2.55 bits per heavy atom. The van der Waals surface area contributed by atoms with Crippen molar-refractivity contribution in [1.82, 2.24) is 4.90 Å². The monoisotopic (exact) mass is 636 g/mol. The number of ether oxygens (including phenoxy) is 1. The maximum absolute atomic E-state index is 14.9. The van der Waals surface area contributed by atoms with Crippen molar-refractivity contribution in [2.24, 2.45) is 11.8 Å². The van der Waals surface area contributed by atoms with Crippen molar-refractivity contribution in [3.63, 3.8) is 0 Å². The van der Waals surface area contributed by atoms with Crippen LogP contribution in [-0.4, -0.2) is 69.1 Å². The summed E-state index contributed by atoms with van der Waals surface area (Å²) < 4.78 is 4.38. The number of anilines is 1. The number of para-hydroxylation sites is 1. The summed E-state index contributed by atoms with van der Waals surface area (Å²) in [5.41, 5.74) is 1.46. The summed E-state index contributed by atoms with van der Waals surface area (Å²) in [7, 11) is 0. The molecule has 3 saturated heterocycles. The molecular weight excluding hydrogens is 596 g/mol. The van der Waals surface area contributed by atoms with Crippen molar-refractivity contribution in [3.8, 4) is 0 Å². The molecule has 0 radical (unpaired) electrons. The molecule has 2 unspecified atom stereocenters. The molecule has 3 aliphatic heterocycles. The fourth-order valence-corrected chi connectivity index (χ4v) is 10.0. The van der Waals surface area contributed by atoms with Crippen LogP contribution in [0.1, 0.15) is 44.6 Å². The van der Waals surface area contributed by atoms with Crippen molar-refractivity contribution in [3.05, 3.63) is 90.5 Å². The zero-order chi connectivity index (χ0) is 31.5. The van der Waals surface area contributed by atoms with Crippen LogP contribution in [-0.2, 0) is 25.5 Å². The van der Waals surface area contributed by atoms with Gasteiger partial charge in [0.15, 0.2) is 0 Å². The Hall–Kier alpha value is -3.07. The van der Waals surface area contributed by atoms with Crippen LogP contribution >= 0.6 is 23.4 Å². The summed E-state index contributed by atoms with van der Waals surface area (Å²) in [5.74, 6) is -2.40. The van der Waals surface area contributed by atoms with Crippen molar-refractivity contribution >= 4 is 46.8 Å². The van der Waals surface area contributed by atoms with Gasteiger partial charge in [-0.05, 0) is 63.1 Å². The first-order chi connectivity index (χ1) is 21.2. The molecule has 3 fully saturated rings. The third-order valence-corrected chi connectivity index (χ3v) is 11.7. The number of aliphatic hydroxyl groups is 1. The number of hydrogen-bond donors (Lipinski definition) is 1. The predicted octanol–water partition coefficient (Wildman–Crippen LogP) is 5.84. The molecule has 0 aliphatic carbocycles. The maximum Gasteiger partial charge on any atom is 0.311 e. The van der Waals surface area contributed by atoms with Gasteiger partial charge in [-0.1, -0.05) is 66.2 Å². The highest BCUT2D eigenvalue weighted by Crippen LogP contribution is 2.72. The van der Waals surface area contributed by atoms with Crippen molar-refractivity contribution in [1.29, 1.82) is 0 Å². The van der Waals surface area contributed by atoms with Gasteiger partial charge in [0, 0.05) is 11.3 Å². The number of hydrogen-bond acceptors (Lipinski definition) is 6. The number of likely N-dealkylation sites (tertiary alicyclic amines) is 1. The third kappa shape index (κ3) is 5.72. The molecule has 1 spiro atoms. The van der Waals surface area contributed by atoms with Gasteiger partial charge in [0.05, 0.1) is 46.5 Å². The van der Waals surface area contributed by atoms with Crippen LogP contribution in [0.15, 0.2) is 79.9 Å². The van der Waals surface area contributed by atoms with Crippen LogP contribution in [0.25, 0.3) is 0 Å². The summed E-state index contributed by atoms with van der Waals surface area (Å²) in [6.07, 6.45) is 7.52. The minimum atomic E-state index is -0.922. The van der Waals surface area contributed by atoms with E-state index in [1.165, 1.54) is 0 Å². The van der Waals surface area contributed by atoms with E-state index in [0.29, 0.717) is 36.4 Å². The maximum atomic E-state index is 14.9. The molecule has 2 aromatic carbocycles. The van der Waals surface area contributed by atoms with E-state index in [1.807, 2.05) is 49.4 Å². The predicted molar refractivity (Wildman–Crippen MR) is 176 cm³/mol. The number of allylic oxidation sites excluding steroid dienone is 1. The van der Waals surface area contributed by atoms with E-state index in [1.54, 1.807) is 45.8 Å². The number of benzene rings is 2. The Labute approximate surface area is 269 Å². The average molecular weight is 637 g/mol. The highest BCUT2D eigenvalue weighted by atomic mass is 35.5. The number of nitrogens with zero attached hydrogens (tertiary/aromatic N) is 2. The van der Waals surface area contributed by atoms with Gasteiger partial charge in [-0.25, -0.2) is 0 Å². The Bertz CT molecular complexity index is 1400. The third-order valence-electron chi connectivity index (χ3n) is 9.39. The summed E-state index contributed by atoms with van der Waals surface area (Å²) in [6, 6.07) is 15.1. The molecule has 6 atom stereocenters. The van der Waals surface area contributed by atoms with Gasteiger partial charge in [0.1, 0.15) is 6.04 Å². The molecule has 9 heteroatoms. The normalized spacial score (nSPS) is 27.6. The minimum Gasteiger partial charge on any atom is -0.465 e. The van der Waals surface area contributed by atoms with E-state index in [9.17, 15) is 19.5 Å². The standard InChI is InChI=1S/C35H41ClN2O5S/c1-4-6-7-13-21-43-33(42)29-28-31(40)38(25(23-39)22-24-14-9-8-10-15-24)30(35(28)19-18-34(29,3)44-35)32(41)37(20-5-2)27-17-12-11-16-26(27)36/h4-5,8-12,14-17,25,28-30,39H,1-2,6-7,13,18-23H2,3H3/t25-,28+,29-,30?,34+,35?/m1/s1. The topological polar surface area (TPSA) is 87.1 Å². The highest BCUT2D eigenvalue weighted by molar-refractivity contribution is 8.02. The quantitative estimate of drug-likeness (QED) is 0.159. The van der Waals surface area contributed by atoms with Gasteiger partial charge in [-0.3, -0.25) is 14.4 Å². The Balaban J connectivity index is 1.56. The molecular formula is C35H41ClN2O5S. The van der Waals surface area contributed by atoms with Gasteiger partial charge >= 0.3 is 5.97 Å². The second kappa shape index (κ2) is 13.5. The number of rotatable bonds is 14. The Morgan fingerprint density at radius 2 is 1.86 bits per heavy atom. The molecule has 3 heterocycles. The van der Waals surface area contributed by atoms with Gasteiger partial charge < -0.3 is 19.6 Å². The van der Waals surface area contributed by atoms with E-state index in [-0.39, 0.29) is 37.5 Å². The summed E-state index contributed by atoms with van der Waals surface area (Å²) in [6.45, 7) is 9.78. The number of amides is 2. The van der Waals surface area contributed by atoms with Gasteiger partial charge in [0.25, 0.3) is 5.91 Å². The van der Waals surface area contributed by atoms with Crippen LogP contribution in [0, 0.1) is 11.8 Å². The fourth-order valence-electron chi connectivity index (χ4n) is 7.44. The molecule has 44 heavy (non-hydrogen) atoms. The number of aliphatic hydroxyl groups excluding tert-OH is 1.